The molecule has 154 valence electrons. The summed E-state index contributed by atoms with van der Waals surface area (Å²) < 4.78 is 19.7. The van der Waals surface area contributed by atoms with Crippen molar-refractivity contribution in [1.29, 1.82) is 0 Å². The van der Waals surface area contributed by atoms with Gasteiger partial charge in [0.05, 0.1) is 30.2 Å². The number of urea groups is 1. The van der Waals surface area contributed by atoms with Gasteiger partial charge in [0.2, 0.25) is 0 Å². The molecule has 1 saturated heterocycles. The highest BCUT2D eigenvalue weighted by Crippen LogP contribution is 2.37. The lowest BCUT2D eigenvalue weighted by Gasteiger charge is -2.37. The standard InChI is InChI=1S/C21H26FN5O2/c1-15(16-4-3-5-19-20(16)25(2)12-13-29-19)24-21(28)27-10-8-26(9-11-27)18-6-7-23-14-17(18)22/h3-7,14-15H,8-13H2,1-2H3,(H,24,28). The molecule has 8 heteroatoms. The summed E-state index contributed by atoms with van der Waals surface area (Å²) in [7, 11) is 2.04. The summed E-state index contributed by atoms with van der Waals surface area (Å²) in [5.41, 5.74) is 2.60. The van der Waals surface area contributed by atoms with E-state index in [0.717, 1.165) is 23.5 Å². The highest BCUT2D eigenvalue weighted by Gasteiger charge is 2.26. The average Bonchev–Trinajstić information content (AvgIpc) is 2.74. The number of aromatic nitrogens is 1. The van der Waals surface area contributed by atoms with Crippen LogP contribution in [0, 0.1) is 5.82 Å². The Balaban J connectivity index is 1.39. The van der Waals surface area contributed by atoms with E-state index in [1.807, 2.05) is 37.1 Å². The third-order valence-corrected chi connectivity index (χ3v) is 5.56. The fourth-order valence-corrected chi connectivity index (χ4v) is 3.95. The number of pyridine rings is 1. The summed E-state index contributed by atoms with van der Waals surface area (Å²) in [6.45, 7) is 5.71. The van der Waals surface area contributed by atoms with Crippen LogP contribution in [-0.4, -0.2) is 62.3 Å². The van der Waals surface area contributed by atoms with Crippen LogP contribution in [0.15, 0.2) is 36.7 Å². The molecule has 2 aromatic rings. The van der Waals surface area contributed by atoms with Crippen molar-refractivity contribution in [3.8, 4) is 5.75 Å². The van der Waals surface area contributed by atoms with Gasteiger partial charge < -0.3 is 24.8 Å². The molecule has 1 fully saturated rings. The molecule has 29 heavy (non-hydrogen) atoms. The normalized spacial score (nSPS) is 17.4. The van der Waals surface area contributed by atoms with Crippen LogP contribution in [0.4, 0.5) is 20.6 Å². The van der Waals surface area contributed by atoms with Crippen molar-refractivity contribution >= 4 is 17.4 Å². The number of piperazine rings is 1. The van der Waals surface area contributed by atoms with Crippen molar-refractivity contribution in [2.75, 3.05) is 56.2 Å². The third-order valence-electron chi connectivity index (χ3n) is 5.56. The van der Waals surface area contributed by atoms with E-state index in [0.29, 0.717) is 38.5 Å². The molecule has 1 unspecified atom stereocenters. The van der Waals surface area contributed by atoms with E-state index < -0.39 is 0 Å². The summed E-state index contributed by atoms with van der Waals surface area (Å²) in [5, 5.41) is 3.10. The monoisotopic (exact) mass is 399 g/mol. The number of anilines is 2. The number of ether oxygens (including phenoxy) is 1. The van der Waals surface area contributed by atoms with Crippen molar-refractivity contribution < 1.29 is 13.9 Å². The molecule has 7 nitrogen and oxygen atoms in total. The summed E-state index contributed by atoms with van der Waals surface area (Å²) in [6.07, 6.45) is 2.80. The Morgan fingerprint density at radius 1 is 1.21 bits per heavy atom. The number of benzene rings is 1. The first-order valence-electron chi connectivity index (χ1n) is 9.91. The maximum atomic E-state index is 13.9. The summed E-state index contributed by atoms with van der Waals surface area (Å²) in [4.78, 5) is 22.5. The number of halogens is 1. The van der Waals surface area contributed by atoms with Crippen LogP contribution in [0.3, 0.4) is 0 Å². The molecule has 4 rings (SSSR count). The zero-order chi connectivity index (χ0) is 20.4. The second-order valence-electron chi connectivity index (χ2n) is 7.44. The quantitative estimate of drug-likeness (QED) is 0.860. The molecule has 2 aliphatic heterocycles. The van der Waals surface area contributed by atoms with Crippen LogP contribution in [0.2, 0.25) is 0 Å². The fraction of sp³-hybridized carbons (Fsp3) is 0.429. The SMILES string of the molecule is CC(NC(=O)N1CCN(c2ccncc2F)CC1)c1cccc2c1N(C)CCO2. The Labute approximate surface area is 170 Å². The molecule has 1 aromatic heterocycles. The Hall–Kier alpha value is -3.03. The van der Waals surface area contributed by atoms with Gasteiger partial charge in [-0.25, -0.2) is 9.18 Å². The molecule has 2 aliphatic rings. The molecule has 0 saturated carbocycles. The van der Waals surface area contributed by atoms with Gasteiger partial charge in [-0.3, -0.25) is 4.98 Å². The van der Waals surface area contributed by atoms with Gasteiger partial charge in [-0.05, 0) is 19.1 Å². The van der Waals surface area contributed by atoms with Gasteiger partial charge in [-0.15, -0.1) is 0 Å². The van der Waals surface area contributed by atoms with Crippen LogP contribution in [-0.2, 0) is 0 Å². The molecule has 0 aliphatic carbocycles. The maximum absolute atomic E-state index is 13.9. The van der Waals surface area contributed by atoms with Gasteiger partial charge in [0.15, 0.2) is 5.82 Å². The van der Waals surface area contributed by atoms with E-state index in [2.05, 4.69) is 15.2 Å². The number of carbonyl (C=O) groups excluding carboxylic acids is 1. The minimum absolute atomic E-state index is 0.107. The molecule has 3 heterocycles. The van der Waals surface area contributed by atoms with E-state index >= 15 is 0 Å². The van der Waals surface area contributed by atoms with E-state index in [-0.39, 0.29) is 17.9 Å². The number of nitrogens with zero attached hydrogens (tertiary/aromatic N) is 4. The Morgan fingerprint density at radius 2 is 2.00 bits per heavy atom. The third kappa shape index (κ3) is 3.92. The van der Waals surface area contributed by atoms with Crippen LogP contribution in [0.5, 0.6) is 5.75 Å². The minimum atomic E-state index is -0.334. The topological polar surface area (TPSA) is 60.9 Å². The first-order valence-corrected chi connectivity index (χ1v) is 9.91. The van der Waals surface area contributed by atoms with E-state index in [1.54, 1.807) is 17.2 Å². The summed E-state index contributed by atoms with van der Waals surface area (Å²) in [6, 6.07) is 7.35. The van der Waals surface area contributed by atoms with E-state index in [4.69, 9.17) is 4.74 Å². The highest BCUT2D eigenvalue weighted by molar-refractivity contribution is 5.76. The van der Waals surface area contributed by atoms with Gasteiger partial charge in [0, 0.05) is 45.0 Å². The van der Waals surface area contributed by atoms with Crippen molar-refractivity contribution in [2.24, 2.45) is 0 Å². The molecule has 1 aromatic carbocycles. The lowest BCUT2D eigenvalue weighted by atomic mass is 10.0. The van der Waals surface area contributed by atoms with Crippen LogP contribution < -0.4 is 19.9 Å². The number of amides is 2. The van der Waals surface area contributed by atoms with Crippen LogP contribution in [0.1, 0.15) is 18.5 Å². The number of para-hydroxylation sites is 1. The first kappa shape index (κ1) is 19.3. The van der Waals surface area contributed by atoms with Gasteiger partial charge >= 0.3 is 6.03 Å². The van der Waals surface area contributed by atoms with Gasteiger partial charge in [0.25, 0.3) is 0 Å². The smallest absolute Gasteiger partial charge is 0.317 e. The van der Waals surface area contributed by atoms with Crippen LogP contribution >= 0.6 is 0 Å². The zero-order valence-electron chi connectivity index (χ0n) is 16.8. The number of hydrogen-bond acceptors (Lipinski definition) is 5. The average molecular weight is 399 g/mol. The molecule has 1 N–H and O–H groups in total. The molecule has 0 radical (unpaired) electrons. The van der Waals surface area contributed by atoms with Crippen molar-refractivity contribution in [1.82, 2.24) is 15.2 Å². The highest BCUT2D eigenvalue weighted by atomic mass is 19.1. The van der Waals surface area contributed by atoms with Crippen molar-refractivity contribution in [3.05, 3.63) is 48.0 Å². The van der Waals surface area contributed by atoms with E-state index in [1.165, 1.54) is 6.20 Å². The second kappa shape index (κ2) is 8.14. The number of rotatable bonds is 3. The number of nitrogens with one attached hydrogen (secondary N) is 1. The van der Waals surface area contributed by atoms with Gasteiger partial charge in [0.1, 0.15) is 12.4 Å². The first-order chi connectivity index (χ1) is 14.0. The molecule has 0 bridgehead atoms. The van der Waals surface area contributed by atoms with Crippen molar-refractivity contribution in [2.45, 2.75) is 13.0 Å². The van der Waals surface area contributed by atoms with Crippen molar-refractivity contribution in [3.63, 3.8) is 0 Å². The summed E-state index contributed by atoms with van der Waals surface area (Å²) >= 11 is 0. The number of likely N-dealkylation sites (N-methyl/N-ethyl adjacent to an activating group) is 1. The summed E-state index contributed by atoms with van der Waals surface area (Å²) in [5.74, 6) is 0.518. The number of fused-ring (bicyclic) bond motifs is 1. The predicted octanol–water partition coefficient (Wildman–Crippen LogP) is 2.64. The maximum Gasteiger partial charge on any atom is 0.317 e. The van der Waals surface area contributed by atoms with Gasteiger partial charge in [-0.2, -0.15) is 0 Å². The Kier molecular flexibility index (Phi) is 5.42. The fourth-order valence-electron chi connectivity index (χ4n) is 3.95. The van der Waals surface area contributed by atoms with E-state index in [9.17, 15) is 9.18 Å². The zero-order valence-corrected chi connectivity index (χ0v) is 16.8. The lowest BCUT2D eigenvalue weighted by Crippen LogP contribution is -2.52. The number of carbonyl (C=O) groups is 1. The molecular weight excluding hydrogens is 373 g/mol. The molecule has 0 spiro atoms. The Morgan fingerprint density at radius 3 is 2.76 bits per heavy atom. The lowest BCUT2D eigenvalue weighted by molar-refractivity contribution is 0.191. The molecular formula is C21H26FN5O2. The predicted molar refractivity (Wildman–Crippen MR) is 110 cm³/mol. The second-order valence-corrected chi connectivity index (χ2v) is 7.44. The van der Waals surface area contributed by atoms with Crippen LogP contribution in [0.25, 0.3) is 0 Å². The largest absolute Gasteiger partial charge is 0.490 e. The van der Waals surface area contributed by atoms with Gasteiger partial charge in [-0.1, -0.05) is 12.1 Å². The molecule has 2 amide bonds. The Bertz CT molecular complexity index is 885. The molecule has 1 atom stereocenters. The minimum Gasteiger partial charge on any atom is -0.490 e. The number of hydrogen-bond donors (Lipinski definition) is 1.